The lowest BCUT2D eigenvalue weighted by atomic mass is 10.1. The number of para-hydroxylation sites is 1. The number of amides is 1. The van der Waals surface area contributed by atoms with E-state index in [0.29, 0.717) is 18.7 Å². The minimum absolute atomic E-state index is 0.0182. The van der Waals surface area contributed by atoms with Gasteiger partial charge in [0, 0.05) is 18.5 Å². The summed E-state index contributed by atoms with van der Waals surface area (Å²) in [6.07, 6.45) is 2.82. The number of carbonyl (C=O) groups is 1. The van der Waals surface area contributed by atoms with E-state index in [2.05, 4.69) is 15.6 Å². The van der Waals surface area contributed by atoms with Crippen molar-refractivity contribution in [1.29, 1.82) is 0 Å². The molecule has 0 aliphatic carbocycles. The van der Waals surface area contributed by atoms with Crippen molar-refractivity contribution < 1.29 is 9.53 Å². The largest absolute Gasteiger partial charge is 0.496 e. The lowest BCUT2D eigenvalue weighted by Gasteiger charge is -2.10. The van der Waals surface area contributed by atoms with Gasteiger partial charge in [-0.05, 0) is 30.2 Å². The van der Waals surface area contributed by atoms with Crippen molar-refractivity contribution in [2.75, 3.05) is 17.7 Å². The summed E-state index contributed by atoms with van der Waals surface area (Å²) in [7, 11) is 1.66. The van der Waals surface area contributed by atoms with E-state index in [0.717, 1.165) is 29.1 Å². The molecule has 0 aliphatic heterocycles. The van der Waals surface area contributed by atoms with Crippen molar-refractivity contribution in [1.82, 2.24) is 4.98 Å². The summed E-state index contributed by atoms with van der Waals surface area (Å²) < 4.78 is 5.34. The summed E-state index contributed by atoms with van der Waals surface area (Å²) in [5, 5.41) is 6.14. The van der Waals surface area contributed by atoms with Crippen LogP contribution in [0.4, 0.5) is 11.5 Å². The van der Waals surface area contributed by atoms with Gasteiger partial charge in [-0.15, -0.1) is 0 Å². The second-order valence-electron chi connectivity index (χ2n) is 6.13. The first-order valence-corrected chi connectivity index (χ1v) is 8.90. The minimum Gasteiger partial charge on any atom is -0.496 e. The lowest BCUT2D eigenvalue weighted by molar-refractivity contribution is -0.116. The maximum atomic E-state index is 12.1. The van der Waals surface area contributed by atoms with E-state index in [-0.39, 0.29) is 5.91 Å². The molecule has 2 aromatic carbocycles. The van der Waals surface area contributed by atoms with Gasteiger partial charge in [-0.3, -0.25) is 4.79 Å². The average molecular weight is 361 g/mol. The van der Waals surface area contributed by atoms with Crippen LogP contribution in [0.1, 0.15) is 17.5 Å². The quantitative estimate of drug-likeness (QED) is 0.629. The number of hydrogen-bond donors (Lipinski definition) is 2. The molecule has 5 nitrogen and oxygen atoms in total. The molecular weight excluding hydrogens is 338 g/mol. The van der Waals surface area contributed by atoms with Gasteiger partial charge >= 0.3 is 0 Å². The maximum absolute atomic E-state index is 12.1. The van der Waals surface area contributed by atoms with Crippen molar-refractivity contribution in [2.24, 2.45) is 0 Å². The number of nitrogens with zero attached hydrogens (tertiary/aromatic N) is 1. The fourth-order valence-electron chi connectivity index (χ4n) is 2.73. The van der Waals surface area contributed by atoms with Gasteiger partial charge in [0.25, 0.3) is 0 Å². The zero-order valence-corrected chi connectivity index (χ0v) is 15.3. The Labute approximate surface area is 159 Å². The predicted molar refractivity (Wildman–Crippen MR) is 108 cm³/mol. The summed E-state index contributed by atoms with van der Waals surface area (Å²) in [5.41, 5.74) is 2.90. The Morgan fingerprint density at radius 2 is 1.78 bits per heavy atom. The molecule has 0 bridgehead atoms. The number of benzene rings is 2. The van der Waals surface area contributed by atoms with Crippen LogP contribution in [0, 0.1) is 0 Å². The number of hydrogen-bond acceptors (Lipinski definition) is 4. The summed E-state index contributed by atoms with van der Waals surface area (Å²) in [5.74, 6) is 1.56. The van der Waals surface area contributed by atoms with Crippen LogP contribution >= 0.6 is 0 Å². The van der Waals surface area contributed by atoms with Crippen molar-refractivity contribution in [3.8, 4) is 5.75 Å². The van der Waals surface area contributed by atoms with E-state index in [4.69, 9.17) is 4.74 Å². The molecule has 0 saturated heterocycles. The van der Waals surface area contributed by atoms with E-state index in [1.807, 2.05) is 66.7 Å². The smallest absolute Gasteiger partial charge is 0.224 e. The number of rotatable bonds is 8. The molecule has 0 fully saturated rings. The van der Waals surface area contributed by atoms with Gasteiger partial charge < -0.3 is 15.4 Å². The van der Waals surface area contributed by atoms with Crippen LogP contribution in [-0.2, 0) is 17.8 Å². The van der Waals surface area contributed by atoms with E-state index in [9.17, 15) is 4.79 Å². The number of nitrogens with one attached hydrogen (secondary N) is 2. The number of methoxy groups -OCH3 is 1. The topological polar surface area (TPSA) is 63.2 Å². The maximum Gasteiger partial charge on any atom is 0.224 e. The number of ether oxygens (including phenoxy) is 1. The molecule has 5 heteroatoms. The molecule has 27 heavy (non-hydrogen) atoms. The second kappa shape index (κ2) is 9.38. The fraction of sp³-hybridized carbons (Fsp3) is 0.182. The predicted octanol–water partition coefficient (Wildman–Crippen LogP) is 4.27. The van der Waals surface area contributed by atoms with Crippen LogP contribution < -0.4 is 15.4 Å². The zero-order chi connectivity index (χ0) is 18.9. The third kappa shape index (κ3) is 5.57. The van der Waals surface area contributed by atoms with E-state index in [1.54, 1.807) is 13.3 Å². The van der Waals surface area contributed by atoms with Gasteiger partial charge in [0.2, 0.25) is 5.91 Å². The van der Waals surface area contributed by atoms with Gasteiger partial charge in [0.1, 0.15) is 11.6 Å². The number of aromatic nitrogens is 1. The van der Waals surface area contributed by atoms with Crippen LogP contribution in [-0.4, -0.2) is 18.0 Å². The van der Waals surface area contributed by atoms with E-state index in [1.165, 1.54) is 0 Å². The van der Waals surface area contributed by atoms with Crippen LogP contribution in [0.5, 0.6) is 5.75 Å². The van der Waals surface area contributed by atoms with Crippen LogP contribution in [0.2, 0.25) is 0 Å². The molecule has 1 amide bonds. The SMILES string of the molecule is COc1ccccc1CNc1ccc(NC(=O)CCc2ccccc2)cn1. The van der Waals surface area contributed by atoms with Crippen LogP contribution in [0.15, 0.2) is 72.9 Å². The van der Waals surface area contributed by atoms with Gasteiger partial charge in [-0.1, -0.05) is 48.5 Å². The molecule has 1 heterocycles. The molecule has 0 unspecified atom stereocenters. The van der Waals surface area contributed by atoms with Crippen LogP contribution in [0.25, 0.3) is 0 Å². The molecule has 138 valence electrons. The standard InChI is InChI=1S/C22H23N3O2/c1-27-20-10-6-5-9-18(20)15-23-21-13-12-19(16-24-21)25-22(26)14-11-17-7-3-2-4-8-17/h2-10,12-13,16H,11,14-15H2,1H3,(H,23,24)(H,25,26). The molecule has 0 radical (unpaired) electrons. The molecule has 3 aromatic rings. The average Bonchev–Trinajstić information content (AvgIpc) is 2.73. The Morgan fingerprint density at radius 3 is 2.52 bits per heavy atom. The third-order valence-electron chi connectivity index (χ3n) is 4.18. The summed E-state index contributed by atoms with van der Waals surface area (Å²) in [6.45, 7) is 0.611. The monoisotopic (exact) mass is 361 g/mol. The zero-order valence-electron chi connectivity index (χ0n) is 15.3. The van der Waals surface area contributed by atoms with E-state index >= 15 is 0 Å². The van der Waals surface area contributed by atoms with Gasteiger partial charge in [0.05, 0.1) is 19.0 Å². The molecule has 0 aliphatic rings. The van der Waals surface area contributed by atoms with E-state index < -0.39 is 0 Å². The first-order chi connectivity index (χ1) is 13.2. The molecule has 2 N–H and O–H groups in total. The lowest BCUT2D eigenvalue weighted by Crippen LogP contribution is -2.12. The highest BCUT2D eigenvalue weighted by molar-refractivity contribution is 5.90. The van der Waals surface area contributed by atoms with Gasteiger partial charge in [-0.2, -0.15) is 0 Å². The Kier molecular flexibility index (Phi) is 6.41. The summed E-state index contributed by atoms with van der Waals surface area (Å²) in [4.78, 5) is 16.4. The van der Waals surface area contributed by atoms with Crippen LogP contribution in [0.3, 0.4) is 0 Å². The number of carbonyl (C=O) groups excluding carboxylic acids is 1. The first kappa shape index (κ1) is 18.5. The summed E-state index contributed by atoms with van der Waals surface area (Å²) in [6, 6.07) is 21.5. The summed E-state index contributed by atoms with van der Waals surface area (Å²) >= 11 is 0. The highest BCUT2D eigenvalue weighted by Crippen LogP contribution is 2.19. The highest BCUT2D eigenvalue weighted by atomic mass is 16.5. The highest BCUT2D eigenvalue weighted by Gasteiger charge is 2.05. The molecular formula is C22H23N3O2. The van der Waals surface area contributed by atoms with Crippen molar-refractivity contribution >= 4 is 17.4 Å². The number of pyridine rings is 1. The Bertz CT molecular complexity index is 864. The fourth-order valence-corrected chi connectivity index (χ4v) is 2.73. The van der Waals surface area contributed by atoms with Crippen molar-refractivity contribution in [3.63, 3.8) is 0 Å². The van der Waals surface area contributed by atoms with Gasteiger partial charge in [0.15, 0.2) is 0 Å². The molecule has 0 spiro atoms. The molecule has 3 rings (SSSR count). The first-order valence-electron chi connectivity index (χ1n) is 8.90. The van der Waals surface area contributed by atoms with Crippen molar-refractivity contribution in [2.45, 2.75) is 19.4 Å². The van der Waals surface area contributed by atoms with Crippen molar-refractivity contribution in [3.05, 3.63) is 84.1 Å². The Balaban J connectivity index is 1.49. The Morgan fingerprint density at radius 1 is 1.00 bits per heavy atom. The molecule has 1 aromatic heterocycles. The second-order valence-corrected chi connectivity index (χ2v) is 6.13. The molecule has 0 saturated carbocycles. The Hall–Kier alpha value is -3.34. The molecule has 0 atom stereocenters. The third-order valence-corrected chi connectivity index (χ3v) is 4.18. The number of anilines is 2. The van der Waals surface area contributed by atoms with Gasteiger partial charge in [-0.25, -0.2) is 4.98 Å². The minimum atomic E-state index is -0.0182. The number of aryl methyl sites for hydroxylation is 1. The normalized spacial score (nSPS) is 10.3.